The van der Waals surface area contributed by atoms with E-state index in [1.807, 2.05) is 36.5 Å². The van der Waals surface area contributed by atoms with E-state index in [9.17, 15) is 4.79 Å². The number of hydrogen-bond donors (Lipinski definition) is 1. The number of nitrogens with one attached hydrogen (secondary N) is 1. The molecule has 0 saturated carbocycles. The third kappa shape index (κ3) is 4.97. The molecule has 164 valence electrons. The summed E-state index contributed by atoms with van der Waals surface area (Å²) in [6.45, 7) is 5.99. The van der Waals surface area contributed by atoms with E-state index in [0.717, 1.165) is 42.5 Å². The van der Waals surface area contributed by atoms with Crippen LogP contribution in [0.5, 0.6) is 0 Å². The SMILES string of the molecule is Cc1cccc(-n2ccnc2SCC(=O)NC2CCN(c3ccc(C#N)cc3)CC2)c1C. The molecule has 7 heteroatoms. The minimum atomic E-state index is 0.0438. The van der Waals surface area contributed by atoms with Crippen molar-refractivity contribution in [2.45, 2.75) is 37.9 Å². The zero-order valence-corrected chi connectivity index (χ0v) is 19.2. The lowest BCUT2D eigenvalue weighted by molar-refractivity contribution is -0.119. The summed E-state index contributed by atoms with van der Waals surface area (Å²) in [4.78, 5) is 19.3. The number of rotatable bonds is 6. The van der Waals surface area contributed by atoms with Crippen molar-refractivity contribution in [2.75, 3.05) is 23.7 Å². The van der Waals surface area contributed by atoms with Gasteiger partial charge in [0, 0.05) is 37.2 Å². The van der Waals surface area contributed by atoms with Crippen LogP contribution in [-0.2, 0) is 4.79 Å². The summed E-state index contributed by atoms with van der Waals surface area (Å²) in [6.07, 6.45) is 5.54. The molecule has 1 aromatic heterocycles. The number of thioether (sulfide) groups is 1. The average Bonchev–Trinajstić information content (AvgIpc) is 3.28. The molecule has 3 aromatic rings. The van der Waals surface area contributed by atoms with Gasteiger partial charge in [-0.1, -0.05) is 23.9 Å². The number of imidazole rings is 1. The van der Waals surface area contributed by atoms with Gasteiger partial charge in [0.05, 0.1) is 23.1 Å². The average molecular weight is 446 g/mol. The van der Waals surface area contributed by atoms with Gasteiger partial charge in [-0.05, 0) is 68.1 Å². The second-order valence-electron chi connectivity index (χ2n) is 8.08. The number of aromatic nitrogens is 2. The molecule has 1 aliphatic heterocycles. The normalized spacial score (nSPS) is 14.2. The lowest BCUT2D eigenvalue weighted by Gasteiger charge is -2.34. The first kappa shape index (κ1) is 22.0. The molecule has 1 amide bonds. The minimum absolute atomic E-state index is 0.0438. The van der Waals surface area contributed by atoms with Crippen LogP contribution in [0.4, 0.5) is 5.69 Å². The molecule has 32 heavy (non-hydrogen) atoms. The monoisotopic (exact) mass is 445 g/mol. The standard InChI is InChI=1S/C25H27N5OS/c1-18-4-3-5-23(19(18)2)30-15-12-27-25(30)32-17-24(31)28-21-10-13-29(14-11-21)22-8-6-20(16-26)7-9-22/h3-9,12,15,21H,10-11,13-14,17H2,1-2H3,(H,28,31). The summed E-state index contributed by atoms with van der Waals surface area (Å²) in [5.74, 6) is 0.389. The van der Waals surface area contributed by atoms with Gasteiger partial charge < -0.3 is 10.2 Å². The molecule has 0 bridgehead atoms. The molecule has 1 aliphatic rings. The van der Waals surface area contributed by atoms with E-state index in [4.69, 9.17) is 5.26 Å². The van der Waals surface area contributed by atoms with Crippen molar-refractivity contribution >= 4 is 23.4 Å². The van der Waals surface area contributed by atoms with Gasteiger partial charge in [-0.2, -0.15) is 5.26 Å². The molecule has 0 aliphatic carbocycles. The Morgan fingerprint density at radius 3 is 2.66 bits per heavy atom. The van der Waals surface area contributed by atoms with Crippen molar-refractivity contribution in [3.8, 4) is 11.8 Å². The Kier molecular flexibility index (Phi) is 6.81. The second-order valence-corrected chi connectivity index (χ2v) is 9.02. The van der Waals surface area contributed by atoms with Crippen LogP contribution in [0.1, 0.15) is 29.5 Å². The first-order valence-electron chi connectivity index (χ1n) is 10.8. The van der Waals surface area contributed by atoms with Gasteiger partial charge in [-0.3, -0.25) is 9.36 Å². The number of anilines is 1. The third-order valence-electron chi connectivity index (χ3n) is 6.00. The van der Waals surface area contributed by atoms with E-state index in [1.54, 1.807) is 6.20 Å². The predicted molar refractivity (Wildman–Crippen MR) is 128 cm³/mol. The number of nitrogens with zero attached hydrogens (tertiary/aromatic N) is 4. The van der Waals surface area contributed by atoms with E-state index < -0.39 is 0 Å². The van der Waals surface area contributed by atoms with Crippen LogP contribution in [0.15, 0.2) is 60.0 Å². The van der Waals surface area contributed by atoms with Crippen molar-refractivity contribution in [2.24, 2.45) is 0 Å². The molecule has 1 N–H and O–H groups in total. The van der Waals surface area contributed by atoms with E-state index in [2.05, 4.69) is 51.8 Å². The predicted octanol–water partition coefficient (Wildman–Crippen LogP) is 4.24. The fourth-order valence-electron chi connectivity index (χ4n) is 4.00. The maximum atomic E-state index is 12.6. The fourth-order valence-corrected chi connectivity index (χ4v) is 4.78. The van der Waals surface area contributed by atoms with Crippen LogP contribution < -0.4 is 10.2 Å². The van der Waals surface area contributed by atoms with Gasteiger partial charge in [-0.15, -0.1) is 0 Å². The fraction of sp³-hybridized carbons (Fsp3) is 0.320. The summed E-state index contributed by atoms with van der Waals surface area (Å²) >= 11 is 1.46. The number of aryl methyl sites for hydroxylation is 1. The van der Waals surface area contributed by atoms with Crippen LogP contribution in [0.25, 0.3) is 5.69 Å². The van der Waals surface area contributed by atoms with E-state index in [1.165, 1.54) is 22.9 Å². The lowest BCUT2D eigenvalue weighted by Crippen LogP contribution is -2.45. The Bertz CT molecular complexity index is 1120. The van der Waals surface area contributed by atoms with Crippen LogP contribution in [0.3, 0.4) is 0 Å². The molecule has 4 rings (SSSR count). The van der Waals surface area contributed by atoms with Gasteiger partial charge in [0.25, 0.3) is 0 Å². The topological polar surface area (TPSA) is 74.0 Å². The Balaban J connectivity index is 1.28. The first-order chi connectivity index (χ1) is 15.5. The molecule has 0 radical (unpaired) electrons. The van der Waals surface area contributed by atoms with Crippen LogP contribution in [-0.4, -0.2) is 40.3 Å². The Labute approximate surface area is 193 Å². The zero-order valence-electron chi connectivity index (χ0n) is 18.4. The van der Waals surface area contributed by atoms with E-state index in [0.29, 0.717) is 11.3 Å². The Morgan fingerprint density at radius 1 is 1.19 bits per heavy atom. The molecule has 1 saturated heterocycles. The minimum Gasteiger partial charge on any atom is -0.371 e. The highest BCUT2D eigenvalue weighted by molar-refractivity contribution is 7.99. The molecule has 0 atom stereocenters. The number of hydrogen-bond acceptors (Lipinski definition) is 5. The highest BCUT2D eigenvalue weighted by Crippen LogP contribution is 2.25. The largest absolute Gasteiger partial charge is 0.371 e. The highest BCUT2D eigenvalue weighted by atomic mass is 32.2. The van der Waals surface area contributed by atoms with Gasteiger partial charge in [0.1, 0.15) is 0 Å². The smallest absolute Gasteiger partial charge is 0.230 e. The third-order valence-corrected chi connectivity index (χ3v) is 6.96. The van der Waals surface area contributed by atoms with Crippen molar-refractivity contribution in [3.63, 3.8) is 0 Å². The van der Waals surface area contributed by atoms with E-state index in [-0.39, 0.29) is 11.9 Å². The zero-order chi connectivity index (χ0) is 22.5. The van der Waals surface area contributed by atoms with Crippen molar-refractivity contribution in [3.05, 3.63) is 71.5 Å². The van der Waals surface area contributed by atoms with Gasteiger partial charge in [0.2, 0.25) is 5.91 Å². The number of benzene rings is 2. The van der Waals surface area contributed by atoms with Gasteiger partial charge in [0.15, 0.2) is 5.16 Å². The summed E-state index contributed by atoms with van der Waals surface area (Å²) < 4.78 is 2.05. The Morgan fingerprint density at radius 2 is 1.94 bits per heavy atom. The number of carbonyl (C=O) groups excluding carboxylic acids is 1. The van der Waals surface area contributed by atoms with Crippen molar-refractivity contribution in [1.82, 2.24) is 14.9 Å². The summed E-state index contributed by atoms with van der Waals surface area (Å²) in [5, 5.41) is 13.0. The van der Waals surface area contributed by atoms with Crippen molar-refractivity contribution < 1.29 is 4.79 Å². The number of piperidine rings is 1. The molecule has 2 aromatic carbocycles. The molecular formula is C25H27N5OS. The van der Waals surface area contributed by atoms with E-state index >= 15 is 0 Å². The first-order valence-corrected chi connectivity index (χ1v) is 11.8. The lowest BCUT2D eigenvalue weighted by atomic mass is 10.0. The molecule has 2 heterocycles. The molecule has 6 nitrogen and oxygen atoms in total. The molecule has 0 unspecified atom stereocenters. The maximum Gasteiger partial charge on any atom is 0.230 e. The maximum absolute atomic E-state index is 12.6. The van der Waals surface area contributed by atoms with Crippen LogP contribution in [0, 0.1) is 25.2 Å². The highest BCUT2D eigenvalue weighted by Gasteiger charge is 2.21. The summed E-state index contributed by atoms with van der Waals surface area (Å²) in [6, 6.07) is 16.3. The van der Waals surface area contributed by atoms with Gasteiger partial charge >= 0.3 is 0 Å². The summed E-state index contributed by atoms with van der Waals surface area (Å²) in [5.41, 5.74) is 5.35. The quantitative estimate of drug-likeness (QED) is 0.575. The van der Waals surface area contributed by atoms with Gasteiger partial charge in [-0.25, -0.2) is 4.98 Å². The van der Waals surface area contributed by atoms with Crippen LogP contribution >= 0.6 is 11.8 Å². The number of carbonyl (C=O) groups is 1. The molecule has 1 fully saturated rings. The van der Waals surface area contributed by atoms with Crippen molar-refractivity contribution in [1.29, 1.82) is 5.26 Å². The summed E-state index contributed by atoms with van der Waals surface area (Å²) in [7, 11) is 0. The molecule has 0 spiro atoms. The Hall–Kier alpha value is -3.24. The molecular weight excluding hydrogens is 418 g/mol. The van der Waals surface area contributed by atoms with Crippen LogP contribution in [0.2, 0.25) is 0 Å². The number of amides is 1. The second kappa shape index (κ2) is 9.92. The number of nitriles is 1.